The summed E-state index contributed by atoms with van der Waals surface area (Å²) in [6, 6.07) is 6.86. The van der Waals surface area contributed by atoms with Crippen LogP contribution in [0.15, 0.2) is 24.3 Å². The molecule has 0 aliphatic rings. The van der Waals surface area contributed by atoms with E-state index >= 15 is 0 Å². The van der Waals surface area contributed by atoms with Gasteiger partial charge in [0.25, 0.3) is 0 Å². The van der Waals surface area contributed by atoms with Crippen molar-refractivity contribution in [1.29, 1.82) is 0 Å². The van der Waals surface area contributed by atoms with Gasteiger partial charge in [0.05, 0.1) is 0 Å². The lowest BCUT2D eigenvalue weighted by molar-refractivity contribution is 0.416. The number of aryl methyl sites for hydroxylation is 1. The van der Waals surface area contributed by atoms with Gasteiger partial charge < -0.3 is 5.32 Å². The molecular formula is C16H26FN. The van der Waals surface area contributed by atoms with E-state index in [1.807, 2.05) is 12.1 Å². The van der Waals surface area contributed by atoms with Gasteiger partial charge in [-0.2, -0.15) is 0 Å². The molecule has 2 heteroatoms. The number of hydrogen-bond donors (Lipinski definition) is 1. The van der Waals surface area contributed by atoms with E-state index in [0.29, 0.717) is 0 Å². The summed E-state index contributed by atoms with van der Waals surface area (Å²) in [6.07, 6.45) is 6.02. The first kappa shape index (κ1) is 15.2. The van der Waals surface area contributed by atoms with Crippen LogP contribution in [0.3, 0.4) is 0 Å². The smallest absolute Gasteiger partial charge is 0.123 e. The number of halogens is 1. The van der Waals surface area contributed by atoms with Gasteiger partial charge >= 0.3 is 0 Å². The number of hydrogen-bond acceptors (Lipinski definition) is 1. The van der Waals surface area contributed by atoms with Crippen LogP contribution in [0.4, 0.5) is 4.39 Å². The second-order valence-electron chi connectivity index (χ2n) is 5.97. The molecule has 102 valence electrons. The van der Waals surface area contributed by atoms with E-state index in [1.54, 1.807) is 12.1 Å². The molecule has 0 radical (unpaired) electrons. The standard InChI is InChI=1S/C16H26FN/c1-16(2,3)18-13-7-5-4-6-8-14-9-11-15(17)12-10-14/h9-12,18H,4-8,13H2,1-3H3. The molecule has 1 aromatic rings. The van der Waals surface area contributed by atoms with Gasteiger partial charge in [-0.25, -0.2) is 4.39 Å². The van der Waals surface area contributed by atoms with Crippen molar-refractivity contribution in [2.75, 3.05) is 6.54 Å². The Morgan fingerprint density at radius 2 is 1.56 bits per heavy atom. The zero-order valence-corrected chi connectivity index (χ0v) is 11.9. The second kappa shape index (κ2) is 7.52. The average molecular weight is 251 g/mol. The highest BCUT2D eigenvalue weighted by Crippen LogP contribution is 2.09. The molecule has 0 saturated heterocycles. The summed E-state index contributed by atoms with van der Waals surface area (Å²) in [5.74, 6) is -0.146. The maximum atomic E-state index is 12.7. The van der Waals surface area contributed by atoms with Crippen LogP contribution in [0.2, 0.25) is 0 Å². The fourth-order valence-corrected chi connectivity index (χ4v) is 1.92. The van der Waals surface area contributed by atoms with Crippen molar-refractivity contribution >= 4 is 0 Å². The van der Waals surface area contributed by atoms with Crippen LogP contribution in [0, 0.1) is 5.82 Å². The van der Waals surface area contributed by atoms with Crippen molar-refractivity contribution in [3.8, 4) is 0 Å². The Hall–Kier alpha value is -0.890. The molecule has 0 unspecified atom stereocenters. The van der Waals surface area contributed by atoms with Gasteiger partial charge in [-0.05, 0) is 64.3 Å². The molecular weight excluding hydrogens is 225 g/mol. The predicted octanol–water partition coefficient (Wildman–Crippen LogP) is 4.32. The van der Waals surface area contributed by atoms with Crippen LogP contribution in [0.5, 0.6) is 0 Å². The molecule has 1 aromatic carbocycles. The maximum Gasteiger partial charge on any atom is 0.123 e. The monoisotopic (exact) mass is 251 g/mol. The maximum absolute atomic E-state index is 12.7. The molecule has 0 heterocycles. The van der Waals surface area contributed by atoms with Crippen LogP contribution >= 0.6 is 0 Å². The Balaban J connectivity index is 2.00. The average Bonchev–Trinajstić information content (AvgIpc) is 2.29. The molecule has 0 aliphatic carbocycles. The molecule has 0 spiro atoms. The molecule has 0 aromatic heterocycles. The quantitative estimate of drug-likeness (QED) is 0.712. The van der Waals surface area contributed by atoms with Gasteiger partial charge in [0.15, 0.2) is 0 Å². The molecule has 0 fully saturated rings. The van der Waals surface area contributed by atoms with Crippen molar-refractivity contribution in [2.45, 2.75) is 58.4 Å². The summed E-state index contributed by atoms with van der Waals surface area (Å²) in [4.78, 5) is 0. The highest BCUT2D eigenvalue weighted by molar-refractivity contribution is 5.15. The number of rotatable bonds is 7. The molecule has 1 rings (SSSR count). The second-order valence-corrected chi connectivity index (χ2v) is 5.97. The van der Waals surface area contributed by atoms with Gasteiger partial charge in [-0.15, -0.1) is 0 Å². The molecule has 0 amide bonds. The van der Waals surface area contributed by atoms with Gasteiger partial charge in [-0.3, -0.25) is 0 Å². The normalized spacial score (nSPS) is 11.8. The largest absolute Gasteiger partial charge is 0.312 e. The molecule has 0 aliphatic heterocycles. The van der Waals surface area contributed by atoms with Crippen LogP contribution in [-0.4, -0.2) is 12.1 Å². The van der Waals surface area contributed by atoms with Gasteiger partial charge in [0.2, 0.25) is 0 Å². The van der Waals surface area contributed by atoms with Crippen molar-refractivity contribution in [2.24, 2.45) is 0 Å². The Bertz CT molecular complexity index is 324. The van der Waals surface area contributed by atoms with Gasteiger partial charge in [-0.1, -0.05) is 25.0 Å². The lowest BCUT2D eigenvalue weighted by atomic mass is 10.1. The minimum absolute atomic E-state index is 0.146. The highest BCUT2D eigenvalue weighted by Gasteiger charge is 2.06. The third-order valence-electron chi connectivity index (χ3n) is 2.96. The van der Waals surface area contributed by atoms with Crippen LogP contribution in [-0.2, 0) is 6.42 Å². The topological polar surface area (TPSA) is 12.0 Å². The lowest BCUT2D eigenvalue weighted by Gasteiger charge is -2.20. The SMILES string of the molecule is CC(C)(C)NCCCCCCc1ccc(F)cc1. The summed E-state index contributed by atoms with van der Waals surface area (Å²) in [6.45, 7) is 7.69. The Morgan fingerprint density at radius 3 is 2.17 bits per heavy atom. The number of nitrogens with one attached hydrogen (secondary N) is 1. The van der Waals surface area contributed by atoms with E-state index < -0.39 is 0 Å². The summed E-state index contributed by atoms with van der Waals surface area (Å²) in [5, 5.41) is 3.50. The first-order valence-corrected chi connectivity index (χ1v) is 6.97. The predicted molar refractivity (Wildman–Crippen MR) is 76.3 cm³/mol. The lowest BCUT2D eigenvalue weighted by Crippen LogP contribution is -2.36. The minimum atomic E-state index is -0.146. The van der Waals surface area contributed by atoms with Gasteiger partial charge in [0, 0.05) is 5.54 Å². The van der Waals surface area contributed by atoms with Crippen molar-refractivity contribution < 1.29 is 4.39 Å². The molecule has 18 heavy (non-hydrogen) atoms. The van der Waals surface area contributed by atoms with Crippen LogP contribution in [0.25, 0.3) is 0 Å². The van der Waals surface area contributed by atoms with E-state index in [9.17, 15) is 4.39 Å². The zero-order valence-electron chi connectivity index (χ0n) is 11.9. The van der Waals surface area contributed by atoms with Crippen molar-refractivity contribution in [3.05, 3.63) is 35.6 Å². The number of unbranched alkanes of at least 4 members (excludes halogenated alkanes) is 3. The Kier molecular flexibility index (Phi) is 6.34. The summed E-state index contributed by atoms with van der Waals surface area (Å²) < 4.78 is 12.7. The Morgan fingerprint density at radius 1 is 0.944 bits per heavy atom. The molecule has 1 nitrogen and oxygen atoms in total. The molecule has 0 saturated carbocycles. The first-order valence-electron chi connectivity index (χ1n) is 6.97. The fraction of sp³-hybridized carbons (Fsp3) is 0.625. The number of benzene rings is 1. The third kappa shape index (κ3) is 7.44. The summed E-state index contributed by atoms with van der Waals surface area (Å²) >= 11 is 0. The van der Waals surface area contributed by atoms with E-state index in [0.717, 1.165) is 13.0 Å². The molecule has 1 N–H and O–H groups in total. The van der Waals surface area contributed by atoms with E-state index in [2.05, 4.69) is 26.1 Å². The Labute approximate surface area is 111 Å². The summed E-state index contributed by atoms with van der Waals surface area (Å²) in [5.41, 5.74) is 1.47. The van der Waals surface area contributed by atoms with Crippen molar-refractivity contribution in [3.63, 3.8) is 0 Å². The fourth-order valence-electron chi connectivity index (χ4n) is 1.92. The summed E-state index contributed by atoms with van der Waals surface area (Å²) in [7, 11) is 0. The minimum Gasteiger partial charge on any atom is -0.312 e. The van der Waals surface area contributed by atoms with E-state index in [4.69, 9.17) is 0 Å². The van der Waals surface area contributed by atoms with E-state index in [1.165, 1.54) is 31.2 Å². The van der Waals surface area contributed by atoms with Crippen LogP contribution < -0.4 is 5.32 Å². The van der Waals surface area contributed by atoms with Crippen LogP contribution in [0.1, 0.15) is 52.0 Å². The first-order chi connectivity index (χ1) is 8.47. The van der Waals surface area contributed by atoms with Gasteiger partial charge in [0.1, 0.15) is 5.82 Å². The highest BCUT2D eigenvalue weighted by atomic mass is 19.1. The third-order valence-corrected chi connectivity index (χ3v) is 2.96. The molecule has 0 atom stereocenters. The molecule has 0 bridgehead atoms. The van der Waals surface area contributed by atoms with Crippen molar-refractivity contribution in [1.82, 2.24) is 5.32 Å². The zero-order chi connectivity index (χ0) is 13.4. The van der Waals surface area contributed by atoms with E-state index in [-0.39, 0.29) is 11.4 Å².